The van der Waals surface area contributed by atoms with E-state index in [1.807, 2.05) is 18.2 Å². The minimum absolute atomic E-state index is 0.216. The van der Waals surface area contributed by atoms with Crippen LogP contribution in [0.4, 0.5) is 0 Å². The number of nitrogens with one attached hydrogen (secondary N) is 1. The highest BCUT2D eigenvalue weighted by Crippen LogP contribution is 2.25. The van der Waals surface area contributed by atoms with Crippen LogP contribution in [0.15, 0.2) is 30.3 Å². The van der Waals surface area contributed by atoms with Crippen molar-refractivity contribution >= 4 is 0 Å². The summed E-state index contributed by atoms with van der Waals surface area (Å²) < 4.78 is 0. The van der Waals surface area contributed by atoms with Gasteiger partial charge in [0.25, 0.3) is 0 Å². The molecule has 1 aliphatic rings. The molecule has 0 aromatic heterocycles. The van der Waals surface area contributed by atoms with Crippen LogP contribution in [-0.4, -0.2) is 6.04 Å². The lowest BCUT2D eigenvalue weighted by atomic mass is 10.0. The molecular formula is C12H14N2. The van der Waals surface area contributed by atoms with E-state index in [2.05, 4.69) is 23.5 Å². The SMILES string of the molecule is N#CCC(NC1CC1)c1ccccc1. The van der Waals surface area contributed by atoms with Gasteiger partial charge in [0.2, 0.25) is 0 Å². The summed E-state index contributed by atoms with van der Waals surface area (Å²) in [7, 11) is 0. The topological polar surface area (TPSA) is 35.8 Å². The minimum Gasteiger partial charge on any atom is -0.306 e. The zero-order valence-electron chi connectivity index (χ0n) is 8.11. The third-order valence-electron chi connectivity index (χ3n) is 2.51. The van der Waals surface area contributed by atoms with Gasteiger partial charge in [0.1, 0.15) is 0 Å². The van der Waals surface area contributed by atoms with E-state index < -0.39 is 0 Å². The number of hydrogen-bond donors (Lipinski definition) is 1. The Kier molecular flexibility index (Phi) is 2.81. The van der Waals surface area contributed by atoms with Crippen molar-refractivity contribution in [1.29, 1.82) is 5.26 Å². The molecule has 1 aromatic rings. The zero-order valence-corrected chi connectivity index (χ0v) is 8.11. The van der Waals surface area contributed by atoms with Gasteiger partial charge in [0.15, 0.2) is 0 Å². The molecule has 0 aliphatic heterocycles. The Morgan fingerprint density at radius 1 is 1.36 bits per heavy atom. The molecule has 1 unspecified atom stereocenters. The first kappa shape index (κ1) is 9.23. The van der Waals surface area contributed by atoms with Gasteiger partial charge in [0, 0.05) is 12.1 Å². The highest BCUT2D eigenvalue weighted by Gasteiger charge is 2.24. The van der Waals surface area contributed by atoms with Crippen molar-refractivity contribution < 1.29 is 0 Å². The van der Waals surface area contributed by atoms with Gasteiger partial charge < -0.3 is 5.32 Å². The van der Waals surface area contributed by atoms with E-state index in [0.29, 0.717) is 12.5 Å². The lowest BCUT2D eigenvalue weighted by Crippen LogP contribution is -2.22. The van der Waals surface area contributed by atoms with Crippen LogP contribution in [0.25, 0.3) is 0 Å². The van der Waals surface area contributed by atoms with Gasteiger partial charge in [-0.3, -0.25) is 0 Å². The molecule has 1 fully saturated rings. The molecule has 0 saturated heterocycles. The van der Waals surface area contributed by atoms with Gasteiger partial charge >= 0.3 is 0 Å². The lowest BCUT2D eigenvalue weighted by molar-refractivity contribution is 0.539. The molecule has 1 N–H and O–H groups in total. The maximum absolute atomic E-state index is 8.74. The minimum atomic E-state index is 0.216. The van der Waals surface area contributed by atoms with Crippen molar-refractivity contribution in [3.63, 3.8) is 0 Å². The molecule has 1 atom stereocenters. The van der Waals surface area contributed by atoms with Gasteiger partial charge in [-0.15, -0.1) is 0 Å². The molecule has 0 amide bonds. The van der Waals surface area contributed by atoms with Crippen LogP contribution in [0.2, 0.25) is 0 Å². The standard InChI is InChI=1S/C12H14N2/c13-9-8-12(14-11-6-7-11)10-4-2-1-3-5-10/h1-5,11-12,14H,6-8H2. The van der Waals surface area contributed by atoms with Crippen molar-refractivity contribution in [1.82, 2.24) is 5.32 Å². The third kappa shape index (κ3) is 2.34. The second-order valence-electron chi connectivity index (χ2n) is 3.77. The van der Waals surface area contributed by atoms with Gasteiger partial charge in [-0.05, 0) is 18.4 Å². The first-order valence-electron chi connectivity index (χ1n) is 5.08. The Balaban J connectivity index is 2.05. The Bertz CT molecular complexity index is 322. The van der Waals surface area contributed by atoms with Crippen LogP contribution >= 0.6 is 0 Å². The second kappa shape index (κ2) is 4.26. The summed E-state index contributed by atoms with van der Waals surface area (Å²) in [4.78, 5) is 0. The summed E-state index contributed by atoms with van der Waals surface area (Å²) in [5.74, 6) is 0. The molecule has 0 bridgehead atoms. The number of nitriles is 1. The highest BCUT2D eigenvalue weighted by atomic mass is 15.0. The normalized spacial score (nSPS) is 17.4. The molecule has 0 heterocycles. The van der Waals surface area contributed by atoms with E-state index >= 15 is 0 Å². The second-order valence-corrected chi connectivity index (χ2v) is 3.77. The predicted octanol–water partition coefficient (Wildman–Crippen LogP) is 2.39. The quantitative estimate of drug-likeness (QED) is 0.783. The molecular weight excluding hydrogens is 172 g/mol. The number of hydrogen-bond acceptors (Lipinski definition) is 2. The molecule has 0 radical (unpaired) electrons. The summed E-state index contributed by atoms with van der Waals surface area (Å²) in [5.41, 5.74) is 1.22. The van der Waals surface area contributed by atoms with E-state index in [-0.39, 0.29) is 6.04 Å². The van der Waals surface area contributed by atoms with Gasteiger partial charge in [-0.1, -0.05) is 30.3 Å². The van der Waals surface area contributed by atoms with Crippen LogP contribution in [-0.2, 0) is 0 Å². The molecule has 72 valence electrons. The van der Waals surface area contributed by atoms with Crippen molar-refractivity contribution in [3.05, 3.63) is 35.9 Å². The van der Waals surface area contributed by atoms with E-state index in [4.69, 9.17) is 5.26 Å². The molecule has 1 saturated carbocycles. The first-order valence-corrected chi connectivity index (χ1v) is 5.08. The van der Waals surface area contributed by atoms with Crippen LogP contribution in [0, 0.1) is 11.3 Å². The first-order chi connectivity index (χ1) is 6.90. The number of benzene rings is 1. The van der Waals surface area contributed by atoms with Gasteiger partial charge in [-0.2, -0.15) is 5.26 Å². The molecule has 2 nitrogen and oxygen atoms in total. The maximum Gasteiger partial charge on any atom is 0.0641 e. The fourth-order valence-corrected chi connectivity index (χ4v) is 1.58. The zero-order chi connectivity index (χ0) is 9.80. The largest absolute Gasteiger partial charge is 0.306 e. The van der Waals surface area contributed by atoms with Crippen LogP contribution in [0.5, 0.6) is 0 Å². The van der Waals surface area contributed by atoms with Crippen LogP contribution in [0.3, 0.4) is 0 Å². The molecule has 14 heavy (non-hydrogen) atoms. The van der Waals surface area contributed by atoms with Gasteiger partial charge in [0.05, 0.1) is 12.5 Å². The fraction of sp³-hybridized carbons (Fsp3) is 0.417. The van der Waals surface area contributed by atoms with E-state index in [1.165, 1.54) is 18.4 Å². The Labute approximate surface area is 84.6 Å². The monoisotopic (exact) mass is 186 g/mol. The molecule has 0 spiro atoms. The Hall–Kier alpha value is -1.33. The predicted molar refractivity (Wildman–Crippen MR) is 55.6 cm³/mol. The van der Waals surface area contributed by atoms with Crippen molar-refractivity contribution in [2.24, 2.45) is 0 Å². The summed E-state index contributed by atoms with van der Waals surface area (Å²) in [5, 5.41) is 12.2. The number of rotatable bonds is 4. The summed E-state index contributed by atoms with van der Waals surface area (Å²) in [6.07, 6.45) is 3.07. The fourth-order valence-electron chi connectivity index (χ4n) is 1.58. The molecule has 1 aliphatic carbocycles. The average molecular weight is 186 g/mol. The van der Waals surface area contributed by atoms with Crippen LogP contribution in [0.1, 0.15) is 30.9 Å². The summed E-state index contributed by atoms with van der Waals surface area (Å²) >= 11 is 0. The van der Waals surface area contributed by atoms with Gasteiger partial charge in [-0.25, -0.2) is 0 Å². The van der Waals surface area contributed by atoms with Crippen molar-refractivity contribution in [2.75, 3.05) is 0 Å². The van der Waals surface area contributed by atoms with E-state index in [0.717, 1.165) is 0 Å². The average Bonchev–Trinajstić information content (AvgIpc) is 3.03. The molecule has 2 heteroatoms. The van der Waals surface area contributed by atoms with E-state index in [9.17, 15) is 0 Å². The summed E-state index contributed by atoms with van der Waals surface area (Å²) in [6.45, 7) is 0. The lowest BCUT2D eigenvalue weighted by Gasteiger charge is -2.15. The van der Waals surface area contributed by atoms with Crippen molar-refractivity contribution in [3.8, 4) is 6.07 Å². The third-order valence-corrected chi connectivity index (χ3v) is 2.51. The maximum atomic E-state index is 8.74. The Morgan fingerprint density at radius 3 is 2.64 bits per heavy atom. The van der Waals surface area contributed by atoms with Crippen LogP contribution < -0.4 is 5.32 Å². The highest BCUT2D eigenvalue weighted by molar-refractivity contribution is 5.20. The van der Waals surface area contributed by atoms with Crippen molar-refractivity contribution in [2.45, 2.75) is 31.3 Å². The summed E-state index contributed by atoms with van der Waals surface area (Å²) in [6, 6.07) is 13.3. The molecule has 1 aromatic carbocycles. The molecule has 2 rings (SSSR count). The smallest absolute Gasteiger partial charge is 0.0641 e. The Morgan fingerprint density at radius 2 is 2.07 bits per heavy atom. The number of nitrogens with zero attached hydrogens (tertiary/aromatic N) is 1. The van der Waals surface area contributed by atoms with E-state index in [1.54, 1.807) is 0 Å².